The van der Waals surface area contributed by atoms with Gasteiger partial charge in [-0.1, -0.05) is 5.92 Å². The Balaban J connectivity index is 3.02. The molecule has 0 aliphatic rings. The van der Waals surface area contributed by atoms with Crippen LogP contribution in [0.5, 0.6) is 5.75 Å². The van der Waals surface area contributed by atoms with E-state index < -0.39 is 5.54 Å². The molecule has 0 fully saturated rings. The number of amides is 1. The summed E-state index contributed by atoms with van der Waals surface area (Å²) in [6.07, 6.45) is 5.31. The number of carbonyl (C=O) groups is 1. The first kappa shape index (κ1) is 12.9. The fourth-order valence-electron chi connectivity index (χ4n) is 1.28. The fourth-order valence-corrected chi connectivity index (χ4v) is 1.28. The number of nitrogen functional groups attached to an aromatic ring is 1. The second kappa shape index (κ2) is 4.79. The van der Waals surface area contributed by atoms with Crippen molar-refractivity contribution in [2.24, 2.45) is 0 Å². The summed E-state index contributed by atoms with van der Waals surface area (Å²) in [5, 5.41) is 2.72. The van der Waals surface area contributed by atoms with Crippen molar-refractivity contribution in [3.63, 3.8) is 0 Å². The lowest BCUT2D eigenvalue weighted by Gasteiger charge is -2.20. The molecule has 0 atom stereocenters. The van der Waals surface area contributed by atoms with Gasteiger partial charge in [-0.25, -0.2) is 0 Å². The zero-order valence-corrected chi connectivity index (χ0v) is 10.2. The van der Waals surface area contributed by atoms with Crippen molar-refractivity contribution in [2.45, 2.75) is 19.4 Å². The van der Waals surface area contributed by atoms with Crippen LogP contribution in [0.1, 0.15) is 24.2 Å². The van der Waals surface area contributed by atoms with Gasteiger partial charge in [-0.2, -0.15) is 0 Å². The minimum atomic E-state index is -0.705. The number of methoxy groups -OCH3 is 1. The summed E-state index contributed by atoms with van der Waals surface area (Å²) in [6.45, 7) is 3.49. The Kier molecular flexibility index (Phi) is 3.64. The molecular weight excluding hydrogens is 216 g/mol. The highest BCUT2D eigenvalue weighted by atomic mass is 16.5. The van der Waals surface area contributed by atoms with Crippen LogP contribution in [0.25, 0.3) is 0 Å². The van der Waals surface area contributed by atoms with Gasteiger partial charge >= 0.3 is 0 Å². The van der Waals surface area contributed by atoms with Crippen LogP contribution in [0.3, 0.4) is 0 Å². The normalized spacial score (nSPS) is 10.5. The molecule has 0 spiro atoms. The monoisotopic (exact) mass is 232 g/mol. The zero-order valence-electron chi connectivity index (χ0n) is 10.2. The number of benzene rings is 1. The first-order valence-corrected chi connectivity index (χ1v) is 5.13. The van der Waals surface area contributed by atoms with Crippen molar-refractivity contribution >= 4 is 11.6 Å². The number of terminal acetylenes is 1. The molecule has 0 saturated heterocycles. The first-order chi connectivity index (χ1) is 7.89. The Morgan fingerprint density at radius 3 is 2.71 bits per heavy atom. The van der Waals surface area contributed by atoms with Gasteiger partial charge in [0.05, 0.1) is 18.2 Å². The van der Waals surface area contributed by atoms with Gasteiger partial charge in [0.2, 0.25) is 0 Å². The number of nitrogens with two attached hydrogens (primary N) is 1. The van der Waals surface area contributed by atoms with E-state index in [-0.39, 0.29) is 5.91 Å². The van der Waals surface area contributed by atoms with Crippen molar-refractivity contribution in [2.75, 3.05) is 12.8 Å². The van der Waals surface area contributed by atoms with E-state index in [2.05, 4.69) is 11.2 Å². The highest BCUT2D eigenvalue weighted by Gasteiger charge is 2.20. The van der Waals surface area contributed by atoms with Crippen LogP contribution in [0.4, 0.5) is 5.69 Å². The molecule has 1 rings (SSSR count). The smallest absolute Gasteiger partial charge is 0.256 e. The number of hydrogen-bond donors (Lipinski definition) is 2. The zero-order chi connectivity index (χ0) is 13.1. The SMILES string of the molecule is C#CC(C)(C)NC(=O)c1ccc(N)cc1OC. The molecule has 1 aromatic carbocycles. The van der Waals surface area contributed by atoms with Gasteiger partial charge in [0.15, 0.2) is 0 Å². The van der Waals surface area contributed by atoms with E-state index >= 15 is 0 Å². The molecule has 3 N–H and O–H groups in total. The summed E-state index contributed by atoms with van der Waals surface area (Å²) in [4.78, 5) is 12.0. The molecule has 1 aromatic rings. The summed E-state index contributed by atoms with van der Waals surface area (Å²) in [7, 11) is 1.48. The maximum atomic E-state index is 12.0. The van der Waals surface area contributed by atoms with E-state index in [0.717, 1.165) is 0 Å². The summed E-state index contributed by atoms with van der Waals surface area (Å²) in [5.74, 6) is 2.63. The molecular formula is C13H16N2O2. The van der Waals surface area contributed by atoms with E-state index in [1.807, 2.05) is 0 Å². The minimum absolute atomic E-state index is 0.287. The second-order valence-electron chi connectivity index (χ2n) is 4.18. The Hall–Kier alpha value is -2.15. The predicted octanol–water partition coefficient (Wildman–Crippen LogP) is 1.42. The van der Waals surface area contributed by atoms with Gasteiger partial charge in [0.25, 0.3) is 5.91 Å². The molecule has 0 aliphatic heterocycles. The fraction of sp³-hybridized carbons (Fsp3) is 0.308. The number of rotatable bonds is 3. The molecule has 17 heavy (non-hydrogen) atoms. The Morgan fingerprint density at radius 2 is 2.18 bits per heavy atom. The molecule has 90 valence electrons. The standard InChI is InChI=1S/C13H16N2O2/c1-5-13(2,3)15-12(16)10-7-6-9(14)8-11(10)17-4/h1,6-8H,14H2,2-4H3,(H,15,16). The van der Waals surface area contributed by atoms with Crippen molar-refractivity contribution in [3.8, 4) is 18.1 Å². The third kappa shape index (κ3) is 3.15. The third-order valence-electron chi connectivity index (χ3n) is 2.26. The summed E-state index contributed by atoms with van der Waals surface area (Å²) >= 11 is 0. The van der Waals surface area contributed by atoms with E-state index in [1.54, 1.807) is 32.0 Å². The van der Waals surface area contributed by atoms with Crippen molar-refractivity contribution in [1.29, 1.82) is 0 Å². The highest BCUT2D eigenvalue weighted by Crippen LogP contribution is 2.21. The Bertz CT molecular complexity index is 473. The van der Waals surface area contributed by atoms with E-state index in [4.69, 9.17) is 16.9 Å². The number of carbonyl (C=O) groups excluding carboxylic acids is 1. The molecule has 0 heterocycles. The number of hydrogen-bond acceptors (Lipinski definition) is 3. The maximum Gasteiger partial charge on any atom is 0.256 e. The molecule has 4 heteroatoms. The third-order valence-corrected chi connectivity index (χ3v) is 2.26. The van der Waals surface area contributed by atoms with Gasteiger partial charge in [-0.05, 0) is 26.0 Å². The summed E-state index contributed by atoms with van der Waals surface area (Å²) in [5.41, 5.74) is 5.85. The highest BCUT2D eigenvalue weighted by molar-refractivity contribution is 5.98. The van der Waals surface area contributed by atoms with Gasteiger partial charge < -0.3 is 15.8 Å². The van der Waals surface area contributed by atoms with Gasteiger partial charge in [-0.15, -0.1) is 6.42 Å². The van der Waals surface area contributed by atoms with Gasteiger partial charge in [0.1, 0.15) is 5.75 Å². The number of anilines is 1. The van der Waals surface area contributed by atoms with Gasteiger partial charge in [-0.3, -0.25) is 4.79 Å². The van der Waals surface area contributed by atoms with Crippen LogP contribution >= 0.6 is 0 Å². The van der Waals surface area contributed by atoms with Crippen molar-refractivity contribution < 1.29 is 9.53 Å². The Morgan fingerprint density at radius 1 is 1.53 bits per heavy atom. The van der Waals surface area contributed by atoms with Crippen LogP contribution < -0.4 is 15.8 Å². The summed E-state index contributed by atoms with van der Waals surface area (Å²) < 4.78 is 5.10. The molecule has 0 aliphatic carbocycles. The summed E-state index contributed by atoms with van der Waals surface area (Å²) in [6, 6.07) is 4.84. The topological polar surface area (TPSA) is 64.4 Å². The van der Waals surface area contributed by atoms with Crippen LogP contribution in [-0.2, 0) is 0 Å². The Labute approximate surface area is 101 Å². The maximum absolute atomic E-state index is 12.0. The average molecular weight is 232 g/mol. The molecule has 4 nitrogen and oxygen atoms in total. The first-order valence-electron chi connectivity index (χ1n) is 5.13. The van der Waals surface area contributed by atoms with E-state index in [1.165, 1.54) is 7.11 Å². The molecule has 0 aromatic heterocycles. The van der Waals surface area contributed by atoms with Gasteiger partial charge in [0, 0.05) is 11.8 Å². The van der Waals surface area contributed by atoms with Crippen LogP contribution in [-0.4, -0.2) is 18.6 Å². The largest absolute Gasteiger partial charge is 0.496 e. The van der Waals surface area contributed by atoms with Crippen molar-refractivity contribution in [1.82, 2.24) is 5.32 Å². The number of ether oxygens (including phenoxy) is 1. The van der Waals surface area contributed by atoms with Crippen LogP contribution in [0.2, 0.25) is 0 Å². The molecule has 0 unspecified atom stereocenters. The predicted molar refractivity (Wildman–Crippen MR) is 67.8 cm³/mol. The molecule has 1 amide bonds. The second-order valence-corrected chi connectivity index (χ2v) is 4.18. The molecule has 0 saturated carbocycles. The lowest BCUT2D eigenvalue weighted by atomic mass is 10.1. The quantitative estimate of drug-likeness (QED) is 0.612. The minimum Gasteiger partial charge on any atom is -0.496 e. The van der Waals surface area contributed by atoms with Crippen molar-refractivity contribution in [3.05, 3.63) is 23.8 Å². The van der Waals surface area contributed by atoms with Crippen LogP contribution in [0.15, 0.2) is 18.2 Å². The molecule has 0 bridgehead atoms. The van der Waals surface area contributed by atoms with Crippen LogP contribution in [0, 0.1) is 12.3 Å². The van der Waals surface area contributed by atoms with E-state index in [0.29, 0.717) is 17.0 Å². The van der Waals surface area contributed by atoms with E-state index in [9.17, 15) is 4.79 Å². The lowest BCUT2D eigenvalue weighted by molar-refractivity contribution is 0.0927. The lowest BCUT2D eigenvalue weighted by Crippen LogP contribution is -2.42. The average Bonchev–Trinajstić information content (AvgIpc) is 2.28. The molecule has 0 radical (unpaired) electrons. The number of nitrogens with one attached hydrogen (secondary N) is 1.